The fraction of sp³-hybridized carbons (Fsp3) is 0.632. The van der Waals surface area contributed by atoms with Gasteiger partial charge in [0.05, 0.1) is 0 Å². The van der Waals surface area contributed by atoms with Crippen LogP contribution in [0.4, 0.5) is 0 Å². The molecule has 1 aliphatic heterocycles. The van der Waals surface area contributed by atoms with E-state index in [1.165, 1.54) is 0 Å². The summed E-state index contributed by atoms with van der Waals surface area (Å²) in [5, 5.41) is 0. The Morgan fingerprint density at radius 3 is 2.39 bits per heavy atom. The molecule has 128 valence electrons. The van der Waals surface area contributed by atoms with Gasteiger partial charge in [0.25, 0.3) is 5.91 Å². The molecule has 23 heavy (non-hydrogen) atoms. The molecule has 0 saturated carbocycles. The summed E-state index contributed by atoms with van der Waals surface area (Å²) in [6.45, 7) is 10.1. The highest BCUT2D eigenvalue weighted by Gasteiger charge is 2.29. The van der Waals surface area contributed by atoms with E-state index in [-0.39, 0.29) is 11.4 Å². The molecule has 1 aromatic carbocycles. The first-order chi connectivity index (χ1) is 10.9. The van der Waals surface area contributed by atoms with Crippen molar-refractivity contribution < 1.29 is 4.79 Å². The number of benzene rings is 1. The van der Waals surface area contributed by atoms with Crippen LogP contribution in [0.3, 0.4) is 0 Å². The van der Waals surface area contributed by atoms with Gasteiger partial charge < -0.3 is 10.6 Å². The molecule has 0 bridgehead atoms. The number of rotatable bonds is 6. The summed E-state index contributed by atoms with van der Waals surface area (Å²) in [5.41, 5.74) is 6.84. The Kier molecular flexibility index (Phi) is 6.19. The van der Waals surface area contributed by atoms with Crippen LogP contribution in [0, 0.1) is 0 Å². The van der Waals surface area contributed by atoms with Crippen molar-refractivity contribution in [2.24, 2.45) is 5.73 Å². The Balaban J connectivity index is 1.92. The zero-order valence-electron chi connectivity index (χ0n) is 14.8. The van der Waals surface area contributed by atoms with E-state index in [0.717, 1.165) is 51.0 Å². The van der Waals surface area contributed by atoms with Gasteiger partial charge in [-0.1, -0.05) is 25.1 Å². The fourth-order valence-electron chi connectivity index (χ4n) is 3.40. The molecule has 1 aromatic rings. The first-order valence-electron chi connectivity index (χ1n) is 8.78. The summed E-state index contributed by atoms with van der Waals surface area (Å²) >= 11 is 0. The van der Waals surface area contributed by atoms with Gasteiger partial charge in [-0.2, -0.15) is 0 Å². The minimum absolute atomic E-state index is 0.158. The molecule has 1 aliphatic rings. The molecule has 0 unspecified atom stereocenters. The van der Waals surface area contributed by atoms with Gasteiger partial charge in [-0.15, -0.1) is 0 Å². The van der Waals surface area contributed by atoms with Crippen molar-refractivity contribution >= 4 is 5.91 Å². The van der Waals surface area contributed by atoms with Gasteiger partial charge >= 0.3 is 0 Å². The monoisotopic (exact) mass is 317 g/mol. The minimum Gasteiger partial charge on any atom is -0.339 e. The zero-order chi connectivity index (χ0) is 16.9. The molecule has 4 heteroatoms. The van der Waals surface area contributed by atoms with Crippen LogP contribution in [0.2, 0.25) is 0 Å². The van der Waals surface area contributed by atoms with Crippen molar-refractivity contribution in [1.29, 1.82) is 0 Å². The highest BCUT2D eigenvalue weighted by molar-refractivity contribution is 5.94. The summed E-state index contributed by atoms with van der Waals surface area (Å²) in [5.74, 6) is 0.158. The molecule has 1 heterocycles. The number of nitrogens with zero attached hydrogens (tertiary/aromatic N) is 2. The third-order valence-corrected chi connectivity index (χ3v) is 4.41. The number of carbonyl (C=O) groups is 1. The van der Waals surface area contributed by atoms with Crippen LogP contribution in [0.1, 0.15) is 50.4 Å². The van der Waals surface area contributed by atoms with E-state index in [1.807, 2.05) is 35.2 Å². The Labute approximate surface area is 140 Å². The molecule has 0 atom stereocenters. The highest BCUT2D eigenvalue weighted by Crippen LogP contribution is 2.20. The van der Waals surface area contributed by atoms with Crippen molar-refractivity contribution in [1.82, 2.24) is 9.80 Å². The van der Waals surface area contributed by atoms with E-state index >= 15 is 0 Å². The number of hydrogen-bond donors (Lipinski definition) is 1. The van der Waals surface area contributed by atoms with E-state index < -0.39 is 0 Å². The predicted molar refractivity (Wildman–Crippen MR) is 95.5 cm³/mol. The molecule has 0 radical (unpaired) electrons. The molecule has 0 aromatic heterocycles. The van der Waals surface area contributed by atoms with Gasteiger partial charge in [-0.05, 0) is 51.8 Å². The maximum atomic E-state index is 12.5. The Morgan fingerprint density at radius 1 is 1.26 bits per heavy atom. The minimum atomic E-state index is -0.174. The van der Waals surface area contributed by atoms with E-state index in [0.29, 0.717) is 6.04 Å². The lowest BCUT2D eigenvalue weighted by Crippen LogP contribution is -2.53. The number of carbonyl (C=O) groups excluding carboxylic acids is 1. The summed E-state index contributed by atoms with van der Waals surface area (Å²) in [6.07, 6.45) is 3.21. The number of likely N-dealkylation sites (tertiary alicyclic amines) is 1. The topological polar surface area (TPSA) is 49.6 Å². The number of hydrogen-bond acceptors (Lipinski definition) is 3. The second-order valence-electron chi connectivity index (χ2n) is 7.35. The van der Waals surface area contributed by atoms with E-state index in [4.69, 9.17) is 5.73 Å². The van der Waals surface area contributed by atoms with Crippen LogP contribution >= 0.6 is 0 Å². The van der Waals surface area contributed by atoms with Crippen LogP contribution < -0.4 is 5.73 Å². The number of amides is 1. The molecule has 2 rings (SSSR count). The van der Waals surface area contributed by atoms with Gasteiger partial charge in [0, 0.05) is 36.8 Å². The fourth-order valence-corrected chi connectivity index (χ4v) is 3.40. The lowest BCUT2D eigenvalue weighted by molar-refractivity contribution is 0.0590. The van der Waals surface area contributed by atoms with Crippen molar-refractivity contribution in [3.05, 3.63) is 35.9 Å². The normalized spacial score (nSPS) is 16.8. The number of piperidine rings is 1. The van der Waals surface area contributed by atoms with Gasteiger partial charge in [0.2, 0.25) is 0 Å². The molecule has 4 nitrogen and oxygen atoms in total. The van der Waals surface area contributed by atoms with E-state index in [1.54, 1.807) is 0 Å². The third kappa shape index (κ3) is 5.33. The van der Waals surface area contributed by atoms with Gasteiger partial charge in [0.15, 0.2) is 0 Å². The SMILES string of the molecule is CCCN(CC(C)(C)N)C1CCN(C(=O)c2ccccc2)CC1. The first-order valence-corrected chi connectivity index (χ1v) is 8.78. The van der Waals surface area contributed by atoms with Crippen molar-refractivity contribution in [3.8, 4) is 0 Å². The summed E-state index contributed by atoms with van der Waals surface area (Å²) in [4.78, 5) is 17.0. The van der Waals surface area contributed by atoms with Crippen LogP contribution in [0.5, 0.6) is 0 Å². The maximum absolute atomic E-state index is 12.5. The van der Waals surface area contributed by atoms with Crippen LogP contribution in [0.25, 0.3) is 0 Å². The molecule has 1 fully saturated rings. The average Bonchev–Trinajstić information content (AvgIpc) is 2.53. The quantitative estimate of drug-likeness (QED) is 0.877. The lowest BCUT2D eigenvalue weighted by Gasteiger charge is -2.41. The molecule has 0 spiro atoms. The van der Waals surface area contributed by atoms with Crippen LogP contribution in [0.15, 0.2) is 30.3 Å². The standard InChI is InChI=1S/C19H31N3O/c1-4-12-22(15-19(2,3)20)17-10-13-21(14-11-17)18(23)16-8-6-5-7-9-16/h5-9,17H,4,10-15,20H2,1-3H3. The largest absolute Gasteiger partial charge is 0.339 e. The highest BCUT2D eigenvalue weighted by atomic mass is 16.2. The van der Waals surface area contributed by atoms with Crippen LogP contribution in [-0.4, -0.2) is 53.5 Å². The van der Waals surface area contributed by atoms with Crippen LogP contribution in [-0.2, 0) is 0 Å². The molecule has 0 aliphatic carbocycles. The Hall–Kier alpha value is -1.39. The van der Waals surface area contributed by atoms with Crippen molar-refractivity contribution in [3.63, 3.8) is 0 Å². The second-order valence-corrected chi connectivity index (χ2v) is 7.35. The average molecular weight is 317 g/mol. The first kappa shape index (κ1) is 18.0. The van der Waals surface area contributed by atoms with E-state index in [9.17, 15) is 4.79 Å². The molecular weight excluding hydrogens is 286 g/mol. The van der Waals surface area contributed by atoms with Crippen molar-refractivity contribution in [2.45, 2.75) is 51.6 Å². The smallest absolute Gasteiger partial charge is 0.253 e. The van der Waals surface area contributed by atoms with Gasteiger partial charge in [-0.3, -0.25) is 9.69 Å². The zero-order valence-corrected chi connectivity index (χ0v) is 14.8. The second kappa shape index (κ2) is 7.93. The lowest BCUT2D eigenvalue weighted by atomic mass is 9.98. The summed E-state index contributed by atoms with van der Waals surface area (Å²) in [7, 11) is 0. The molecular formula is C19H31N3O. The maximum Gasteiger partial charge on any atom is 0.253 e. The van der Waals surface area contributed by atoms with Crippen molar-refractivity contribution in [2.75, 3.05) is 26.2 Å². The Bertz CT molecular complexity index is 487. The molecule has 2 N–H and O–H groups in total. The van der Waals surface area contributed by atoms with Gasteiger partial charge in [0.1, 0.15) is 0 Å². The summed E-state index contributed by atoms with van der Waals surface area (Å²) < 4.78 is 0. The van der Waals surface area contributed by atoms with E-state index in [2.05, 4.69) is 25.7 Å². The predicted octanol–water partition coefficient (Wildman–Crippen LogP) is 2.74. The molecule has 1 saturated heterocycles. The Morgan fingerprint density at radius 2 is 1.87 bits per heavy atom. The van der Waals surface area contributed by atoms with Gasteiger partial charge in [-0.25, -0.2) is 0 Å². The molecule has 1 amide bonds. The number of nitrogens with two attached hydrogens (primary N) is 1. The third-order valence-electron chi connectivity index (χ3n) is 4.41. The summed E-state index contributed by atoms with van der Waals surface area (Å²) in [6, 6.07) is 10.1.